The molecule has 0 radical (unpaired) electrons. The van der Waals surface area contributed by atoms with E-state index in [0.717, 1.165) is 27.9 Å². The van der Waals surface area contributed by atoms with Crippen molar-refractivity contribution >= 4 is 17.4 Å². The summed E-state index contributed by atoms with van der Waals surface area (Å²) in [5, 5.41) is 2.90. The van der Waals surface area contributed by atoms with Gasteiger partial charge in [0.1, 0.15) is 0 Å². The van der Waals surface area contributed by atoms with Crippen molar-refractivity contribution in [3.8, 4) is 11.1 Å². The Balaban J connectivity index is 1.57. The van der Waals surface area contributed by atoms with Crippen LogP contribution in [0.2, 0.25) is 0 Å². The van der Waals surface area contributed by atoms with Crippen molar-refractivity contribution < 1.29 is 9.59 Å². The normalized spacial score (nSPS) is 10.4. The summed E-state index contributed by atoms with van der Waals surface area (Å²) in [4.78, 5) is 24.6. The molecule has 0 aliphatic rings. The second kappa shape index (κ2) is 8.45. The summed E-state index contributed by atoms with van der Waals surface area (Å²) in [6, 6.07) is 23.4. The number of hydrogen-bond acceptors (Lipinski definition) is 2. The topological polar surface area (TPSA) is 46.2 Å². The van der Waals surface area contributed by atoms with Gasteiger partial charge >= 0.3 is 0 Å². The number of carbonyl (C=O) groups is 2. The summed E-state index contributed by atoms with van der Waals surface area (Å²) in [5.41, 5.74) is 5.80. The lowest BCUT2D eigenvalue weighted by Gasteiger charge is -2.10. The van der Waals surface area contributed by atoms with Crippen molar-refractivity contribution in [3.63, 3.8) is 0 Å². The van der Waals surface area contributed by atoms with Gasteiger partial charge in [0.05, 0.1) is 0 Å². The van der Waals surface area contributed by atoms with E-state index in [1.807, 2.05) is 86.6 Å². The number of nitrogens with one attached hydrogen (secondary N) is 1. The molecule has 27 heavy (non-hydrogen) atoms. The number of Topliss-reactive ketones (excluding diaryl/α,β-unsaturated/α-hetero) is 1. The second-order valence-corrected chi connectivity index (χ2v) is 6.66. The summed E-state index contributed by atoms with van der Waals surface area (Å²) >= 11 is 0. The standard InChI is InChI=1S/C24H23NO2/c1-17-7-6-10-22(18(17)2)25-24(27)16-15-23(26)21-13-11-20(12-14-21)19-8-4-3-5-9-19/h3-14H,15-16H2,1-2H3,(H,25,27). The highest BCUT2D eigenvalue weighted by Gasteiger charge is 2.11. The Morgan fingerprint density at radius 1 is 0.741 bits per heavy atom. The summed E-state index contributed by atoms with van der Waals surface area (Å²) < 4.78 is 0. The van der Waals surface area contributed by atoms with Gasteiger partial charge in [0, 0.05) is 24.1 Å². The molecule has 0 atom stereocenters. The maximum Gasteiger partial charge on any atom is 0.224 e. The summed E-state index contributed by atoms with van der Waals surface area (Å²) in [7, 11) is 0. The first-order chi connectivity index (χ1) is 13.0. The Hall–Kier alpha value is -3.20. The molecule has 0 heterocycles. The number of ketones is 1. The Morgan fingerprint density at radius 2 is 1.41 bits per heavy atom. The fourth-order valence-electron chi connectivity index (χ4n) is 2.95. The molecule has 0 unspecified atom stereocenters. The first-order valence-corrected chi connectivity index (χ1v) is 9.09. The third kappa shape index (κ3) is 4.70. The number of aryl methyl sites for hydroxylation is 1. The van der Waals surface area contributed by atoms with E-state index in [-0.39, 0.29) is 24.5 Å². The third-order valence-electron chi connectivity index (χ3n) is 4.77. The third-order valence-corrected chi connectivity index (χ3v) is 4.77. The quantitative estimate of drug-likeness (QED) is 0.586. The van der Waals surface area contributed by atoms with Gasteiger partial charge in [-0.2, -0.15) is 0 Å². The lowest BCUT2D eigenvalue weighted by Crippen LogP contribution is -2.14. The van der Waals surface area contributed by atoms with Crippen LogP contribution in [0, 0.1) is 13.8 Å². The average Bonchev–Trinajstić information content (AvgIpc) is 2.70. The van der Waals surface area contributed by atoms with Gasteiger partial charge < -0.3 is 5.32 Å². The predicted molar refractivity (Wildman–Crippen MR) is 110 cm³/mol. The number of amides is 1. The number of carbonyl (C=O) groups excluding carboxylic acids is 2. The maximum atomic E-state index is 12.4. The predicted octanol–water partition coefficient (Wildman–Crippen LogP) is 5.57. The van der Waals surface area contributed by atoms with Crippen LogP contribution >= 0.6 is 0 Å². The molecule has 3 nitrogen and oxygen atoms in total. The van der Waals surface area contributed by atoms with Crippen molar-refractivity contribution in [2.75, 3.05) is 5.32 Å². The highest BCUT2D eigenvalue weighted by atomic mass is 16.2. The number of anilines is 1. The molecular weight excluding hydrogens is 334 g/mol. The molecule has 0 spiro atoms. The molecule has 0 saturated heterocycles. The van der Waals surface area contributed by atoms with Crippen LogP contribution in [0.5, 0.6) is 0 Å². The molecule has 3 heteroatoms. The lowest BCUT2D eigenvalue weighted by atomic mass is 10.0. The van der Waals surface area contributed by atoms with E-state index < -0.39 is 0 Å². The molecule has 0 fully saturated rings. The van der Waals surface area contributed by atoms with E-state index in [2.05, 4.69) is 5.32 Å². The zero-order valence-electron chi connectivity index (χ0n) is 15.7. The van der Waals surface area contributed by atoms with E-state index in [1.54, 1.807) is 0 Å². The van der Waals surface area contributed by atoms with Gasteiger partial charge in [-0.05, 0) is 42.2 Å². The van der Waals surface area contributed by atoms with Gasteiger partial charge in [0.2, 0.25) is 5.91 Å². The average molecular weight is 357 g/mol. The molecule has 0 bridgehead atoms. The van der Waals surface area contributed by atoms with Crippen LogP contribution in [0.1, 0.15) is 34.3 Å². The van der Waals surface area contributed by atoms with Crippen LogP contribution in [0.3, 0.4) is 0 Å². The molecule has 0 aromatic heterocycles. The van der Waals surface area contributed by atoms with Gasteiger partial charge in [0.15, 0.2) is 5.78 Å². The first-order valence-electron chi connectivity index (χ1n) is 9.09. The number of benzene rings is 3. The Kier molecular flexibility index (Phi) is 5.82. The van der Waals surface area contributed by atoms with Crippen molar-refractivity contribution in [3.05, 3.63) is 89.5 Å². The van der Waals surface area contributed by atoms with Crippen LogP contribution in [0.4, 0.5) is 5.69 Å². The molecule has 1 N–H and O–H groups in total. The van der Waals surface area contributed by atoms with Gasteiger partial charge in [-0.25, -0.2) is 0 Å². The lowest BCUT2D eigenvalue weighted by molar-refractivity contribution is -0.116. The zero-order chi connectivity index (χ0) is 19.2. The molecular formula is C24H23NO2. The van der Waals surface area contributed by atoms with Crippen molar-refractivity contribution in [2.45, 2.75) is 26.7 Å². The van der Waals surface area contributed by atoms with Gasteiger partial charge in [-0.3, -0.25) is 9.59 Å². The first kappa shape index (κ1) is 18.6. The summed E-state index contributed by atoms with van der Waals surface area (Å²) in [6.07, 6.45) is 0.369. The molecule has 3 aromatic carbocycles. The molecule has 0 aliphatic carbocycles. The minimum Gasteiger partial charge on any atom is -0.326 e. The van der Waals surface area contributed by atoms with Gasteiger partial charge in [-0.1, -0.05) is 66.7 Å². The van der Waals surface area contributed by atoms with Gasteiger partial charge in [-0.15, -0.1) is 0 Å². The van der Waals surface area contributed by atoms with Crippen molar-refractivity contribution in [1.29, 1.82) is 0 Å². The Labute approximate surface area is 160 Å². The molecule has 0 aliphatic heterocycles. The number of rotatable bonds is 6. The zero-order valence-corrected chi connectivity index (χ0v) is 15.7. The van der Waals surface area contributed by atoms with E-state index >= 15 is 0 Å². The monoisotopic (exact) mass is 357 g/mol. The minimum atomic E-state index is -0.141. The highest BCUT2D eigenvalue weighted by Crippen LogP contribution is 2.21. The molecule has 3 aromatic rings. The van der Waals surface area contributed by atoms with E-state index in [9.17, 15) is 9.59 Å². The van der Waals surface area contributed by atoms with Crippen LogP contribution in [0.15, 0.2) is 72.8 Å². The van der Waals surface area contributed by atoms with Crippen molar-refractivity contribution in [2.24, 2.45) is 0 Å². The highest BCUT2D eigenvalue weighted by molar-refractivity contribution is 6.00. The SMILES string of the molecule is Cc1cccc(NC(=O)CCC(=O)c2ccc(-c3ccccc3)cc2)c1C. The van der Waals surface area contributed by atoms with Crippen molar-refractivity contribution in [1.82, 2.24) is 0 Å². The largest absolute Gasteiger partial charge is 0.326 e. The van der Waals surface area contributed by atoms with Crippen LogP contribution in [-0.2, 0) is 4.79 Å². The molecule has 0 saturated carbocycles. The van der Waals surface area contributed by atoms with Crippen LogP contribution < -0.4 is 5.32 Å². The molecule has 1 amide bonds. The maximum absolute atomic E-state index is 12.4. The second-order valence-electron chi connectivity index (χ2n) is 6.66. The van der Waals surface area contributed by atoms with Crippen LogP contribution in [-0.4, -0.2) is 11.7 Å². The smallest absolute Gasteiger partial charge is 0.224 e. The fourth-order valence-corrected chi connectivity index (χ4v) is 2.95. The van der Waals surface area contributed by atoms with Crippen LogP contribution in [0.25, 0.3) is 11.1 Å². The van der Waals surface area contributed by atoms with Gasteiger partial charge in [0.25, 0.3) is 0 Å². The molecule has 136 valence electrons. The van der Waals surface area contributed by atoms with E-state index in [1.165, 1.54) is 0 Å². The summed E-state index contributed by atoms with van der Waals surface area (Å²) in [6.45, 7) is 3.98. The van der Waals surface area contributed by atoms with E-state index in [4.69, 9.17) is 0 Å². The Bertz CT molecular complexity index is 944. The van der Waals surface area contributed by atoms with E-state index in [0.29, 0.717) is 5.56 Å². The number of hydrogen-bond donors (Lipinski definition) is 1. The fraction of sp³-hybridized carbons (Fsp3) is 0.167. The summed E-state index contributed by atoms with van der Waals surface area (Å²) in [5.74, 6) is -0.163. The molecule has 3 rings (SSSR count). The Morgan fingerprint density at radius 3 is 2.11 bits per heavy atom. The minimum absolute atomic E-state index is 0.0225.